The molecule has 0 aliphatic heterocycles. The van der Waals surface area contributed by atoms with Crippen LogP contribution >= 0.6 is 0 Å². The number of carbonyl (C=O) groups excluding carboxylic acids is 2. The minimum atomic E-state index is -0.629. The molecule has 1 aromatic heterocycles. The summed E-state index contributed by atoms with van der Waals surface area (Å²) in [6.07, 6.45) is 4.31. The molecule has 1 heterocycles. The molecule has 0 aliphatic rings. The Hall–Kier alpha value is -3.03. The van der Waals surface area contributed by atoms with Gasteiger partial charge in [-0.25, -0.2) is 10.3 Å². The molecule has 1 aromatic carbocycles. The van der Waals surface area contributed by atoms with Crippen molar-refractivity contribution in [2.24, 2.45) is 0 Å². The van der Waals surface area contributed by atoms with E-state index in [0.717, 1.165) is 11.1 Å². The highest BCUT2D eigenvalue weighted by molar-refractivity contribution is 5.90. The predicted molar refractivity (Wildman–Crippen MR) is 105 cm³/mol. The first-order chi connectivity index (χ1) is 13.3. The smallest absolute Gasteiger partial charge is 0.328 e. The largest absolute Gasteiger partial charge is 0.459 e. The highest BCUT2D eigenvalue weighted by Crippen LogP contribution is 2.19. The summed E-state index contributed by atoms with van der Waals surface area (Å²) >= 11 is 0. The summed E-state index contributed by atoms with van der Waals surface area (Å²) in [7, 11) is 0. The minimum Gasteiger partial charge on any atom is -0.459 e. The van der Waals surface area contributed by atoms with Crippen molar-refractivity contribution in [2.45, 2.75) is 39.0 Å². The molecule has 0 saturated carbocycles. The fourth-order valence-corrected chi connectivity index (χ4v) is 2.40. The number of rotatable bonds is 7. The number of aromatic nitrogens is 1. The molecule has 1 atom stereocenters. The Morgan fingerprint density at radius 1 is 1.18 bits per heavy atom. The molecule has 7 heteroatoms. The Morgan fingerprint density at radius 2 is 1.89 bits per heavy atom. The van der Waals surface area contributed by atoms with E-state index < -0.39 is 17.6 Å². The lowest BCUT2D eigenvalue weighted by Crippen LogP contribution is -2.34. The van der Waals surface area contributed by atoms with Gasteiger partial charge in [-0.05, 0) is 44.0 Å². The van der Waals surface area contributed by atoms with Crippen molar-refractivity contribution in [1.29, 1.82) is 0 Å². The van der Waals surface area contributed by atoms with Crippen LogP contribution in [-0.4, -0.2) is 27.7 Å². The Balaban J connectivity index is 2.07. The van der Waals surface area contributed by atoms with Crippen molar-refractivity contribution >= 4 is 18.0 Å². The van der Waals surface area contributed by atoms with E-state index in [9.17, 15) is 9.59 Å². The fourth-order valence-electron chi connectivity index (χ4n) is 2.40. The maximum absolute atomic E-state index is 12.6. The highest BCUT2D eigenvalue weighted by Gasteiger charge is 2.26. The van der Waals surface area contributed by atoms with Crippen LogP contribution in [0.25, 0.3) is 6.08 Å². The van der Waals surface area contributed by atoms with E-state index in [2.05, 4.69) is 10.3 Å². The minimum absolute atomic E-state index is 0.346. The van der Waals surface area contributed by atoms with Gasteiger partial charge in [0.05, 0.1) is 5.69 Å². The number of amides is 1. The van der Waals surface area contributed by atoms with Gasteiger partial charge < -0.3 is 4.74 Å². The first kappa shape index (κ1) is 21.3. The standard InChI is InChI=1S/C21H25N3O4/c1-21(2,3)28-20(26)19(16-7-5-4-6-8-16)23-14-15-9-10-17(22-13-15)11-12-18(25)24-27/h4-13,19,23,27H,14H2,1-3H3,(H,24,25)/t19-/m0/s1. The third-order valence-electron chi connectivity index (χ3n) is 3.65. The summed E-state index contributed by atoms with van der Waals surface area (Å²) in [4.78, 5) is 27.9. The molecular weight excluding hydrogens is 358 g/mol. The molecule has 148 valence electrons. The second-order valence-electron chi connectivity index (χ2n) is 7.16. The Morgan fingerprint density at radius 3 is 2.46 bits per heavy atom. The molecule has 1 amide bonds. The van der Waals surface area contributed by atoms with Gasteiger partial charge in [-0.1, -0.05) is 36.4 Å². The molecule has 7 nitrogen and oxygen atoms in total. The monoisotopic (exact) mass is 383 g/mol. The Bertz CT molecular complexity index is 812. The van der Waals surface area contributed by atoms with Crippen molar-refractivity contribution < 1.29 is 19.5 Å². The van der Waals surface area contributed by atoms with Crippen LogP contribution in [0.3, 0.4) is 0 Å². The molecule has 3 N–H and O–H groups in total. The topological polar surface area (TPSA) is 101 Å². The molecular formula is C21H25N3O4. The van der Waals surface area contributed by atoms with Gasteiger partial charge in [0.1, 0.15) is 11.6 Å². The number of ether oxygens (including phenoxy) is 1. The highest BCUT2D eigenvalue weighted by atomic mass is 16.6. The molecule has 0 spiro atoms. The van der Waals surface area contributed by atoms with Crippen molar-refractivity contribution in [2.75, 3.05) is 0 Å². The molecule has 2 rings (SSSR count). The molecule has 0 saturated heterocycles. The average molecular weight is 383 g/mol. The lowest BCUT2D eigenvalue weighted by atomic mass is 10.1. The van der Waals surface area contributed by atoms with Gasteiger partial charge in [-0.3, -0.25) is 20.3 Å². The third kappa shape index (κ3) is 6.94. The number of benzene rings is 1. The number of hydrogen-bond acceptors (Lipinski definition) is 6. The van der Waals surface area contributed by atoms with Gasteiger partial charge in [-0.15, -0.1) is 0 Å². The molecule has 0 aliphatic carbocycles. The first-order valence-corrected chi connectivity index (χ1v) is 8.87. The third-order valence-corrected chi connectivity index (χ3v) is 3.65. The van der Waals surface area contributed by atoms with Crippen LogP contribution in [0, 0.1) is 0 Å². The number of esters is 1. The SMILES string of the molecule is CC(C)(C)OC(=O)[C@@H](NCc1ccc(C=CC(=O)NO)nc1)c1ccccc1. The summed E-state index contributed by atoms with van der Waals surface area (Å²) < 4.78 is 5.54. The average Bonchev–Trinajstić information content (AvgIpc) is 2.66. The van der Waals surface area contributed by atoms with Gasteiger partial charge in [0, 0.05) is 18.8 Å². The van der Waals surface area contributed by atoms with Crippen LogP contribution in [0.1, 0.15) is 43.6 Å². The molecule has 2 aromatic rings. The number of nitrogens with zero attached hydrogens (tertiary/aromatic N) is 1. The zero-order chi connectivity index (χ0) is 20.6. The summed E-state index contributed by atoms with van der Waals surface area (Å²) in [5.74, 6) is -0.975. The number of hydroxylamine groups is 1. The van der Waals surface area contributed by atoms with Crippen molar-refractivity contribution in [3.63, 3.8) is 0 Å². The van der Waals surface area contributed by atoms with Gasteiger partial charge >= 0.3 is 5.97 Å². The van der Waals surface area contributed by atoms with Gasteiger partial charge in [-0.2, -0.15) is 0 Å². The van der Waals surface area contributed by atoms with E-state index in [1.165, 1.54) is 17.6 Å². The zero-order valence-electron chi connectivity index (χ0n) is 16.2. The summed E-state index contributed by atoms with van der Waals surface area (Å²) in [6, 6.07) is 12.4. The maximum Gasteiger partial charge on any atom is 0.328 e. The van der Waals surface area contributed by atoms with Crippen molar-refractivity contribution in [1.82, 2.24) is 15.8 Å². The van der Waals surface area contributed by atoms with Crippen LogP contribution in [0.15, 0.2) is 54.7 Å². The van der Waals surface area contributed by atoms with E-state index in [1.54, 1.807) is 12.3 Å². The molecule has 0 bridgehead atoms. The second-order valence-corrected chi connectivity index (χ2v) is 7.16. The summed E-state index contributed by atoms with van der Waals surface area (Å²) in [5, 5.41) is 11.7. The molecule has 0 fully saturated rings. The van der Waals surface area contributed by atoms with E-state index >= 15 is 0 Å². The molecule has 0 radical (unpaired) electrons. The first-order valence-electron chi connectivity index (χ1n) is 8.87. The Labute approximate surface area is 164 Å². The van der Waals surface area contributed by atoms with Crippen LogP contribution < -0.4 is 10.8 Å². The van der Waals surface area contributed by atoms with Gasteiger partial charge in [0.15, 0.2) is 0 Å². The lowest BCUT2D eigenvalue weighted by Gasteiger charge is -2.25. The van der Waals surface area contributed by atoms with E-state index in [4.69, 9.17) is 9.94 Å². The van der Waals surface area contributed by atoms with Gasteiger partial charge in [0.2, 0.25) is 0 Å². The Kier molecular flexibility index (Phi) is 7.43. The quantitative estimate of drug-likeness (QED) is 0.294. The molecule has 28 heavy (non-hydrogen) atoms. The van der Waals surface area contributed by atoms with Crippen LogP contribution in [0.2, 0.25) is 0 Å². The van der Waals surface area contributed by atoms with Crippen LogP contribution in [-0.2, 0) is 20.9 Å². The number of nitrogens with one attached hydrogen (secondary N) is 2. The second kappa shape index (κ2) is 9.77. The van der Waals surface area contributed by atoms with E-state index in [0.29, 0.717) is 12.2 Å². The van der Waals surface area contributed by atoms with E-state index in [-0.39, 0.29) is 5.97 Å². The maximum atomic E-state index is 12.6. The number of carbonyl (C=O) groups is 2. The van der Waals surface area contributed by atoms with Gasteiger partial charge in [0.25, 0.3) is 5.91 Å². The predicted octanol–water partition coefficient (Wildman–Crippen LogP) is 2.77. The van der Waals surface area contributed by atoms with Crippen molar-refractivity contribution in [3.8, 4) is 0 Å². The lowest BCUT2D eigenvalue weighted by molar-refractivity contribution is -0.157. The normalized spacial score (nSPS) is 12.6. The van der Waals surface area contributed by atoms with Crippen LogP contribution in [0.4, 0.5) is 0 Å². The van der Waals surface area contributed by atoms with E-state index in [1.807, 2.05) is 57.2 Å². The van der Waals surface area contributed by atoms with Crippen LogP contribution in [0.5, 0.6) is 0 Å². The van der Waals surface area contributed by atoms with Crippen molar-refractivity contribution in [3.05, 3.63) is 71.6 Å². The fraction of sp³-hybridized carbons (Fsp3) is 0.286. The zero-order valence-corrected chi connectivity index (χ0v) is 16.2. The molecule has 0 unspecified atom stereocenters. The number of pyridine rings is 1. The summed E-state index contributed by atoms with van der Waals surface area (Å²) in [5.41, 5.74) is 3.19. The number of hydrogen-bond donors (Lipinski definition) is 3. The summed E-state index contributed by atoms with van der Waals surface area (Å²) in [6.45, 7) is 5.91.